The zero-order valence-corrected chi connectivity index (χ0v) is 81.9. The maximum Gasteiger partial charge on any atom is 0.271 e. The molecule has 22 rings (SSSR count). The van der Waals surface area contributed by atoms with Gasteiger partial charge in [0, 0.05) is 127 Å². The fourth-order valence-corrected chi connectivity index (χ4v) is 24.2. The van der Waals surface area contributed by atoms with Crippen LogP contribution in [0.1, 0.15) is 155 Å². The number of fused-ring (bicyclic) bond motifs is 7. The third kappa shape index (κ3) is 23.2. The van der Waals surface area contributed by atoms with Gasteiger partial charge in [-0.25, -0.2) is 32.8 Å². The molecule has 7 fully saturated rings. The number of hydrogen-bond donors (Lipinski definition) is 1. The number of aryl methyl sites for hydroxylation is 7. The molecule has 1 amide bonds. The van der Waals surface area contributed by atoms with E-state index in [-0.39, 0.29) is 50.9 Å². The van der Waals surface area contributed by atoms with Crippen LogP contribution in [0.15, 0.2) is 156 Å². The van der Waals surface area contributed by atoms with Gasteiger partial charge in [0.05, 0.1) is 68.5 Å². The van der Waals surface area contributed by atoms with Crippen molar-refractivity contribution in [2.45, 2.75) is 190 Å². The SMILES string of the molecule is C=C(C1CC1)N1CCN(Cn2sc3nc(C)cc(C)c3c2=O)CC1.C[C@H](c1ccccc1)n1sc2ncccc2c1=O.Cc1nnc2s[nH]c(=O)c2c1C.Cc1nnc2sn(CN3CCN(C(=O)C4CC4)CC3)c(=O)c2c1C.O=c1c2cccnc2sn1CCC1CCCCC1.O=c1c2cccnc2sn1CCN1CCCCC1.O=c1c2cccnc2sn1CCN1CCCCC1. The highest BCUT2D eigenvalue weighted by molar-refractivity contribution is 7.15. The van der Waals surface area contributed by atoms with Crippen molar-refractivity contribution in [2.75, 3.05) is 91.6 Å². The molecule has 30 nitrogen and oxygen atoms in total. The second-order valence-electron chi connectivity index (χ2n) is 35.2. The quantitative estimate of drug-likeness (QED) is 0.0834. The molecule has 0 radical (unpaired) electrons. The molecule has 7 aliphatic rings. The number of piperidine rings is 2. The van der Waals surface area contributed by atoms with E-state index < -0.39 is 0 Å². The fraction of sp³-hybridized carbons (Fsp3) is 0.484. The number of piperazine rings is 2. The van der Waals surface area contributed by atoms with Gasteiger partial charge in [-0.15, -0.1) is 10.2 Å². The van der Waals surface area contributed by atoms with E-state index in [9.17, 15) is 38.4 Å². The zero-order chi connectivity index (χ0) is 92.1. The predicted molar refractivity (Wildman–Crippen MR) is 535 cm³/mol. The first-order valence-electron chi connectivity index (χ1n) is 46.2. The van der Waals surface area contributed by atoms with Gasteiger partial charge in [0.2, 0.25) is 5.91 Å². The zero-order valence-electron chi connectivity index (χ0n) is 76.2. The van der Waals surface area contributed by atoms with E-state index in [1.165, 1.54) is 196 Å². The van der Waals surface area contributed by atoms with E-state index in [0.717, 1.165) is 201 Å². The minimum absolute atomic E-state index is 0.0157. The Bertz CT molecular complexity index is 6650. The number of carbonyl (C=O) groups is 1. The third-order valence-electron chi connectivity index (χ3n) is 25.9. The van der Waals surface area contributed by atoms with Crippen LogP contribution in [0.3, 0.4) is 0 Å². The molecule has 1 N–H and O–H groups in total. The molecule has 696 valence electrons. The Labute approximate surface area is 793 Å². The van der Waals surface area contributed by atoms with Gasteiger partial charge < -0.3 is 19.6 Å². The number of likely N-dealkylation sites (tertiary alicyclic amines) is 2. The van der Waals surface area contributed by atoms with Crippen molar-refractivity contribution < 1.29 is 4.79 Å². The van der Waals surface area contributed by atoms with E-state index in [1.807, 2.05) is 148 Å². The van der Waals surface area contributed by atoms with Crippen molar-refractivity contribution in [3.63, 3.8) is 0 Å². The lowest BCUT2D eigenvalue weighted by atomic mass is 9.87. The topological polar surface area (TPSA) is 317 Å². The van der Waals surface area contributed by atoms with Gasteiger partial charge in [-0.3, -0.25) is 68.4 Å². The summed E-state index contributed by atoms with van der Waals surface area (Å²) in [5.41, 5.74) is 8.36. The smallest absolute Gasteiger partial charge is 0.271 e. The molecule has 1 aromatic carbocycles. The summed E-state index contributed by atoms with van der Waals surface area (Å²) in [5, 5.41) is 21.2. The van der Waals surface area contributed by atoms with E-state index >= 15 is 0 Å². The molecule has 37 heteroatoms. The number of allylic oxidation sites excluding steroid dienone is 1. The van der Waals surface area contributed by atoms with E-state index in [0.29, 0.717) is 45.1 Å². The molecule has 0 unspecified atom stereocenters. The van der Waals surface area contributed by atoms with Crippen LogP contribution in [0, 0.1) is 59.3 Å². The summed E-state index contributed by atoms with van der Waals surface area (Å²) in [4.78, 5) is 138. The summed E-state index contributed by atoms with van der Waals surface area (Å²) in [6, 6.07) is 26.8. The third-order valence-corrected chi connectivity index (χ3v) is 33.0. The number of aromatic nitrogens is 16. The number of H-pyrrole nitrogens is 1. The molecular formula is C95H116N22O8S7. The van der Waals surface area contributed by atoms with Gasteiger partial charge in [0.15, 0.2) is 9.66 Å². The standard InChI is InChI=1S/C18H24N4OS.C16H21N5O2S.C14H12N2OS.C14H18N2OS.2C13H17N3OS.C7H7N3OS/c1-12-10-13(2)19-17-16(12)18(23)22(24-17)11-20-6-8-21(9-7-20)14(3)15-4-5-15;1-10-11(2)17-18-14-13(10)16(23)21(24-14)9-19-5-7-20(8-6-19)15(22)12-3-4-12;1-10(11-6-3-2-4-7-11)16-14(17)12-8-5-9-15-13(12)18-16;17-14-12-7-4-9-15-13(12)18-16(14)10-8-11-5-2-1-3-6-11;2*17-13-11-5-4-6-14-12(11)18-16(13)10-9-15-7-2-1-3-8-15;1-3-4(2)8-9-7-5(3)6(11)10-12-7/h10,15H,3-9,11H2,1-2H3;12H,3-9H2,1-2H3;2-10H,1H3;4,7,9,11H,1-3,5-6,8,10H2;2*4-6H,1-3,7-10H2;1-2H3,(H,10,11)/t;;10-;;;;/m..1..../s1. The lowest BCUT2D eigenvalue weighted by Gasteiger charge is -2.37. The molecule has 4 saturated heterocycles. The Morgan fingerprint density at radius 2 is 0.848 bits per heavy atom. The summed E-state index contributed by atoms with van der Waals surface area (Å²) in [6.45, 7) is 35.3. The molecule has 15 aromatic rings. The maximum atomic E-state index is 12.7. The summed E-state index contributed by atoms with van der Waals surface area (Å²) < 4.78 is 13.6. The Morgan fingerprint density at radius 3 is 1.34 bits per heavy atom. The molecule has 1 atom stereocenters. The van der Waals surface area contributed by atoms with Gasteiger partial charge in [-0.05, 0) is 302 Å². The van der Waals surface area contributed by atoms with Gasteiger partial charge in [0.25, 0.3) is 38.9 Å². The number of carbonyl (C=O) groups excluding carboxylic acids is 1. The van der Waals surface area contributed by atoms with Gasteiger partial charge in [-0.1, -0.05) is 81.9 Å². The number of hydrogen-bond acceptors (Lipinski definition) is 29. The highest BCUT2D eigenvalue weighted by Gasteiger charge is 2.35. The number of nitrogens with one attached hydrogen (secondary N) is 1. The van der Waals surface area contributed by atoms with Crippen LogP contribution in [-0.2, 0) is 37.8 Å². The molecule has 18 heterocycles. The first-order chi connectivity index (χ1) is 64.1. The van der Waals surface area contributed by atoms with Crippen LogP contribution in [0.2, 0.25) is 0 Å². The number of rotatable bonds is 18. The van der Waals surface area contributed by atoms with Crippen molar-refractivity contribution in [2.24, 2.45) is 17.8 Å². The van der Waals surface area contributed by atoms with Crippen molar-refractivity contribution in [1.29, 1.82) is 0 Å². The van der Waals surface area contributed by atoms with Crippen LogP contribution in [-0.4, -0.2) is 200 Å². The van der Waals surface area contributed by atoms with Crippen LogP contribution in [0.5, 0.6) is 0 Å². The summed E-state index contributed by atoms with van der Waals surface area (Å²) in [6.07, 6.45) is 27.5. The monoisotopic (exact) mass is 1920 g/mol. The number of nitrogens with zero attached hydrogens (tertiary/aromatic N) is 21. The first-order valence-corrected chi connectivity index (χ1v) is 51.6. The Kier molecular flexibility index (Phi) is 31.9. The molecular weight excluding hydrogens is 1800 g/mol. The minimum atomic E-state index is -0.0644. The average molecular weight is 1920 g/mol. The molecule has 4 aliphatic heterocycles. The van der Waals surface area contributed by atoms with E-state index in [2.05, 4.69) is 80.8 Å². The van der Waals surface area contributed by atoms with Gasteiger partial charge >= 0.3 is 0 Å². The van der Waals surface area contributed by atoms with Crippen LogP contribution in [0.25, 0.3) is 71.5 Å². The molecule has 0 spiro atoms. The van der Waals surface area contributed by atoms with Crippen molar-refractivity contribution in [3.05, 3.63) is 234 Å². The van der Waals surface area contributed by atoms with Gasteiger partial charge in [0.1, 0.15) is 24.2 Å². The van der Waals surface area contributed by atoms with E-state index in [1.54, 1.807) is 38.8 Å². The van der Waals surface area contributed by atoms with Crippen molar-refractivity contribution >= 4 is 158 Å². The normalized spacial score (nSPS) is 16.8. The minimum Gasteiger partial charge on any atom is -0.372 e. The number of benzene rings is 1. The number of pyridine rings is 5. The Morgan fingerprint density at radius 1 is 0.409 bits per heavy atom. The predicted octanol–water partition coefficient (Wildman–Crippen LogP) is 14.9. The summed E-state index contributed by atoms with van der Waals surface area (Å²) in [5.74, 6) is 2.16. The average Bonchev–Trinajstić information content (AvgIpc) is 1.64. The number of amides is 1. The molecule has 14 aromatic heterocycles. The van der Waals surface area contributed by atoms with Gasteiger partial charge in [-0.2, -0.15) is 10.2 Å². The highest BCUT2D eigenvalue weighted by Crippen LogP contribution is 2.38. The maximum absolute atomic E-state index is 12.7. The Hall–Kier alpha value is -10.2. The van der Waals surface area contributed by atoms with Crippen LogP contribution < -0.4 is 38.9 Å². The lowest BCUT2D eigenvalue weighted by molar-refractivity contribution is -0.134. The summed E-state index contributed by atoms with van der Waals surface area (Å²) in [7, 11) is 0. The fourth-order valence-electron chi connectivity index (χ4n) is 17.5. The molecule has 3 aliphatic carbocycles. The second kappa shape index (κ2) is 44.3. The van der Waals surface area contributed by atoms with Crippen molar-refractivity contribution in [1.82, 2.24) is 103 Å². The van der Waals surface area contributed by atoms with Crippen LogP contribution >= 0.6 is 80.7 Å². The highest BCUT2D eigenvalue weighted by atomic mass is 32.1. The Balaban J connectivity index is 0.000000113. The van der Waals surface area contributed by atoms with Crippen LogP contribution in [0.4, 0.5) is 0 Å². The first kappa shape index (κ1) is 95.0. The molecule has 132 heavy (non-hydrogen) atoms. The van der Waals surface area contributed by atoms with E-state index in [4.69, 9.17) is 0 Å². The number of aromatic amines is 1. The molecule has 0 bridgehead atoms. The van der Waals surface area contributed by atoms with Crippen molar-refractivity contribution in [3.8, 4) is 0 Å². The summed E-state index contributed by atoms with van der Waals surface area (Å²) >= 11 is 9.97. The second-order valence-corrected chi connectivity index (χ2v) is 42.0. The molecule has 3 saturated carbocycles. The largest absolute Gasteiger partial charge is 0.372 e. The lowest BCUT2D eigenvalue weighted by Crippen LogP contribution is -2.49.